The summed E-state index contributed by atoms with van der Waals surface area (Å²) in [6.45, 7) is 4.91. The molecule has 0 atom stereocenters. The van der Waals surface area contributed by atoms with Gasteiger partial charge in [-0.25, -0.2) is 0 Å². The molecule has 0 spiro atoms. The molecule has 1 aromatic carbocycles. The van der Waals surface area contributed by atoms with Crippen LogP contribution in [0, 0.1) is 5.92 Å². The third kappa shape index (κ3) is 4.42. The molecule has 0 aliphatic rings. The molecule has 0 bridgehead atoms. The van der Waals surface area contributed by atoms with Crippen molar-refractivity contribution in [2.45, 2.75) is 20.3 Å². The largest absolute Gasteiger partial charge is 0.495 e. The van der Waals surface area contributed by atoms with Crippen LogP contribution in [0.4, 0.5) is 0 Å². The van der Waals surface area contributed by atoms with Gasteiger partial charge in [0.25, 0.3) is 5.91 Å². The molecule has 0 saturated carbocycles. The first-order chi connectivity index (χ1) is 8.99. The highest BCUT2D eigenvalue weighted by Gasteiger charge is 2.14. The molecule has 0 heterocycles. The Hall–Kier alpha value is -1.23. The predicted molar refractivity (Wildman–Crippen MR) is 79.0 cm³/mol. The summed E-state index contributed by atoms with van der Waals surface area (Å²) in [5.74, 6) is 1.60. The molecule has 1 aromatic rings. The van der Waals surface area contributed by atoms with E-state index in [0.29, 0.717) is 34.0 Å². The topological polar surface area (TPSA) is 47.6 Å². The number of hydrogen-bond donors (Lipinski definition) is 1. The summed E-state index contributed by atoms with van der Waals surface area (Å²) < 4.78 is 11.1. The maximum atomic E-state index is 12.0. The summed E-state index contributed by atoms with van der Waals surface area (Å²) in [6, 6.07) is 3.38. The minimum Gasteiger partial charge on any atom is -0.495 e. The molecule has 19 heavy (non-hydrogen) atoms. The third-order valence-electron chi connectivity index (χ3n) is 2.72. The number of halogens is 1. The standard InChI is InChI=1S/C14H20BrNO3/c1-9(2)5-6-16-14(17)10-7-11(18-3)13(15)12(8-10)19-4/h7-9H,5-6H2,1-4H3,(H,16,17). The maximum Gasteiger partial charge on any atom is 0.251 e. The van der Waals surface area contributed by atoms with E-state index >= 15 is 0 Å². The quantitative estimate of drug-likeness (QED) is 0.871. The zero-order chi connectivity index (χ0) is 14.4. The van der Waals surface area contributed by atoms with Crippen molar-refractivity contribution in [3.05, 3.63) is 22.2 Å². The lowest BCUT2D eigenvalue weighted by molar-refractivity contribution is 0.0951. The Morgan fingerprint density at radius 3 is 2.21 bits per heavy atom. The van der Waals surface area contributed by atoms with E-state index in [-0.39, 0.29) is 5.91 Å². The van der Waals surface area contributed by atoms with Gasteiger partial charge in [-0.05, 0) is 40.4 Å². The minimum atomic E-state index is -0.121. The highest BCUT2D eigenvalue weighted by atomic mass is 79.9. The van der Waals surface area contributed by atoms with Crippen molar-refractivity contribution in [1.82, 2.24) is 5.32 Å². The number of carbonyl (C=O) groups is 1. The first-order valence-electron chi connectivity index (χ1n) is 6.19. The normalized spacial score (nSPS) is 10.4. The molecule has 0 aromatic heterocycles. The number of methoxy groups -OCH3 is 2. The predicted octanol–water partition coefficient (Wildman–Crippen LogP) is 3.24. The maximum absolute atomic E-state index is 12.0. The average Bonchev–Trinajstić information content (AvgIpc) is 2.38. The summed E-state index contributed by atoms with van der Waals surface area (Å²) in [6.07, 6.45) is 0.955. The summed E-state index contributed by atoms with van der Waals surface area (Å²) in [4.78, 5) is 12.0. The third-order valence-corrected chi connectivity index (χ3v) is 3.50. The summed E-state index contributed by atoms with van der Waals surface area (Å²) in [5.41, 5.74) is 0.528. The van der Waals surface area contributed by atoms with Gasteiger partial charge in [0.15, 0.2) is 0 Å². The van der Waals surface area contributed by atoms with Crippen LogP contribution in [-0.2, 0) is 0 Å². The second-order valence-corrected chi connectivity index (χ2v) is 5.43. The Balaban J connectivity index is 2.85. The zero-order valence-electron chi connectivity index (χ0n) is 11.7. The zero-order valence-corrected chi connectivity index (χ0v) is 13.3. The van der Waals surface area contributed by atoms with Crippen LogP contribution in [0.15, 0.2) is 16.6 Å². The van der Waals surface area contributed by atoms with Gasteiger partial charge in [0.05, 0.1) is 14.2 Å². The highest BCUT2D eigenvalue weighted by Crippen LogP contribution is 2.35. The Morgan fingerprint density at radius 1 is 1.26 bits per heavy atom. The van der Waals surface area contributed by atoms with E-state index < -0.39 is 0 Å². The lowest BCUT2D eigenvalue weighted by Crippen LogP contribution is -2.25. The molecule has 0 aliphatic carbocycles. The first kappa shape index (κ1) is 15.8. The van der Waals surface area contributed by atoms with Crippen molar-refractivity contribution in [2.24, 2.45) is 5.92 Å². The second-order valence-electron chi connectivity index (χ2n) is 4.63. The number of ether oxygens (including phenoxy) is 2. The van der Waals surface area contributed by atoms with E-state index in [1.165, 1.54) is 0 Å². The highest BCUT2D eigenvalue weighted by molar-refractivity contribution is 9.10. The van der Waals surface area contributed by atoms with Crippen LogP contribution >= 0.6 is 15.9 Å². The number of amides is 1. The van der Waals surface area contributed by atoms with E-state index in [0.717, 1.165) is 6.42 Å². The molecular weight excluding hydrogens is 310 g/mol. The molecule has 106 valence electrons. The molecule has 0 radical (unpaired) electrons. The van der Waals surface area contributed by atoms with Crippen LogP contribution < -0.4 is 14.8 Å². The van der Waals surface area contributed by atoms with Crippen LogP contribution in [0.2, 0.25) is 0 Å². The van der Waals surface area contributed by atoms with Gasteiger partial charge in [-0.1, -0.05) is 13.8 Å². The van der Waals surface area contributed by atoms with Gasteiger partial charge >= 0.3 is 0 Å². The summed E-state index contributed by atoms with van der Waals surface area (Å²) in [7, 11) is 3.11. The Kier molecular flexibility index (Phi) is 6.15. The van der Waals surface area contributed by atoms with Crippen LogP contribution in [0.25, 0.3) is 0 Å². The van der Waals surface area contributed by atoms with Crippen LogP contribution in [0.1, 0.15) is 30.6 Å². The monoisotopic (exact) mass is 329 g/mol. The lowest BCUT2D eigenvalue weighted by atomic mass is 10.1. The Morgan fingerprint density at radius 2 is 1.79 bits per heavy atom. The van der Waals surface area contributed by atoms with E-state index in [2.05, 4.69) is 35.1 Å². The van der Waals surface area contributed by atoms with Gasteiger partial charge in [0.1, 0.15) is 16.0 Å². The number of benzene rings is 1. The van der Waals surface area contributed by atoms with E-state index in [9.17, 15) is 4.79 Å². The number of carbonyl (C=O) groups excluding carboxylic acids is 1. The van der Waals surface area contributed by atoms with Crippen LogP contribution in [0.5, 0.6) is 11.5 Å². The summed E-state index contributed by atoms with van der Waals surface area (Å²) >= 11 is 3.37. The van der Waals surface area contributed by atoms with Crippen molar-refractivity contribution >= 4 is 21.8 Å². The van der Waals surface area contributed by atoms with Gasteiger partial charge < -0.3 is 14.8 Å². The number of nitrogens with one attached hydrogen (secondary N) is 1. The van der Waals surface area contributed by atoms with Crippen molar-refractivity contribution in [3.8, 4) is 11.5 Å². The molecule has 1 N–H and O–H groups in total. The van der Waals surface area contributed by atoms with Gasteiger partial charge in [0, 0.05) is 12.1 Å². The molecule has 0 aliphatic heterocycles. The van der Waals surface area contributed by atoms with Crippen molar-refractivity contribution < 1.29 is 14.3 Å². The fourth-order valence-corrected chi connectivity index (χ4v) is 2.13. The first-order valence-corrected chi connectivity index (χ1v) is 6.98. The fraction of sp³-hybridized carbons (Fsp3) is 0.500. The van der Waals surface area contributed by atoms with Crippen LogP contribution in [0.3, 0.4) is 0 Å². The molecule has 4 nitrogen and oxygen atoms in total. The average molecular weight is 330 g/mol. The molecule has 1 rings (SSSR count). The minimum absolute atomic E-state index is 0.121. The van der Waals surface area contributed by atoms with Crippen molar-refractivity contribution in [1.29, 1.82) is 0 Å². The number of hydrogen-bond acceptors (Lipinski definition) is 3. The van der Waals surface area contributed by atoms with Gasteiger partial charge in [-0.2, -0.15) is 0 Å². The second kappa shape index (κ2) is 7.38. The smallest absolute Gasteiger partial charge is 0.251 e. The van der Waals surface area contributed by atoms with Crippen molar-refractivity contribution in [3.63, 3.8) is 0 Å². The molecule has 1 amide bonds. The summed E-state index contributed by atoms with van der Waals surface area (Å²) in [5, 5.41) is 2.89. The van der Waals surface area contributed by atoms with Gasteiger partial charge in [-0.15, -0.1) is 0 Å². The molecule has 5 heteroatoms. The van der Waals surface area contributed by atoms with Crippen LogP contribution in [-0.4, -0.2) is 26.7 Å². The molecule has 0 saturated heterocycles. The van der Waals surface area contributed by atoms with Gasteiger partial charge in [0.2, 0.25) is 0 Å². The SMILES string of the molecule is COc1cc(C(=O)NCCC(C)C)cc(OC)c1Br. The Bertz CT molecular complexity index is 421. The van der Waals surface area contributed by atoms with Gasteiger partial charge in [-0.3, -0.25) is 4.79 Å². The molecular formula is C14H20BrNO3. The number of rotatable bonds is 6. The van der Waals surface area contributed by atoms with E-state index in [1.807, 2.05) is 0 Å². The Labute approximate surface area is 122 Å². The molecule has 0 unspecified atom stereocenters. The van der Waals surface area contributed by atoms with E-state index in [1.54, 1.807) is 26.4 Å². The fourth-order valence-electron chi connectivity index (χ4n) is 1.58. The van der Waals surface area contributed by atoms with Crippen molar-refractivity contribution in [2.75, 3.05) is 20.8 Å². The lowest BCUT2D eigenvalue weighted by Gasteiger charge is -2.12. The molecule has 0 fully saturated rings. The van der Waals surface area contributed by atoms with E-state index in [4.69, 9.17) is 9.47 Å².